The molecule has 2 aromatic carbocycles. The van der Waals surface area contributed by atoms with Crippen LogP contribution in [0, 0.1) is 18.6 Å². The fourth-order valence-corrected chi connectivity index (χ4v) is 3.01. The highest BCUT2D eigenvalue weighted by atomic mass is 32.2. The van der Waals surface area contributed by atoms with Gasteiger partial charge in [-0.15, -0.1) is 10.2 Å². The Balaban J connectivity index is 1.69. The van der Waals surface area contributed by atoms with Crippen molar-refractivity contribution in [1.29, 1.82) is 0 Å². The molecule has 128 valence electrons. The van der Waals surface area contributed by atoms with Gasteiger partial charge in [0, 0.05) is 11.4 Å². The van der Waals surface area contributed by atoms with E-state index in [9.17, 15) is 13.6 Å². The van der Waals surface area contributed by atoms with Gasteiger partial charge in [0.1, 0.15) is 17.5 Å². The summed E-state index contributed by atoms with van der Waals surface area (Å²) in [4.78, 5) is 12.0. The number of anilines is 1. The Morgan fingerprint density at radius 3 is 2.60 bits per heavy atom. The average Bonchev–Trinajstić information content (AvgIpc) is 2.95. The van der Waals surface area contributed by atoms with E-state index in [4.69, 9.17) is 0 Å². The number of nitrogens with one attached hydrogen (secondary N) is 1. The summed E-state index contributed by atoms with van der Waals surface area (Å²) in [5.74, 6) is -0.340. The van der Waals surface area contributed by atoms with Crippen LogP contribution in [0.1, 0.15) is 5.82 Å². The van der Waals surface area contributed by atoms with Gasteiger partial charge in [0.05, 0.1) is 5.75 Å². The second kappa shape index (κ2) is 7.43. The lowest BCUT2D eigenvalue weighted by atomic mass is 10.3. The van der Waals surface area contributed by atoms with Crippen LogP contribution in [0.25, 0.3) is 5.69 Å². The van der Waals surface area contributed by atoms with Gasteiger partial charge in [-0.25, -0.2) is 8.78 Å². The Hall–Kier alpha value is -2.74. The Kier molecular flexibility index (Phi) is 5.08. The SMILES string of the molecule is Cc1nnc(SCC(=O)Nc2cccc(F)c2)n1-c1ccc(F)cc1. The normalized spacial score (nSPS) is 10.7. The van der Waals surface area contributed by atoms with Crippen LogP contribution < -0.4 is 5.32 Å². The van der Waals surface area contributed by atoms with Gasteiger partial charge in [-0.3, -0.25) is 9.36 Å². The van der Waals surface area contributed by atoms with Crippen LogP contribution in [0.3, 0.4) is 0 Å². The van der Waals surface area contributed by atoms with Crippen molar-refractivity contribution in [1.82, 2.24) is 14.8 Å². The minimum absolute atomic E-state index is 0.0792. The first-order chi connectivity index (χ1) is 12.0. The molecule has 3 rings (SSSR count). The summed E-state index contributed by atoms with van der Waals surface area (Å²) in [5, 5.41) is 11.2. The molecule has 0 saturated heterocycles. The molecule has 0 spiro atoms. The number of hydrogen-bond acceptors (Lipinski definition) is 4. The van der Waals surface area contributed by atoms with Gasteiger partial charge >= 0.3 is 0 Å². The first-order valence-electron chi connectivity index (χ1n) is 7.39. The number of aryl methyl sites for hydroxylation is 1. The first kappa shape index (κ1) is 17.1. The number of nitrogens with zero attached hydrogens (tertiary/aromatic N) is 3. The Labute approximate surface area is 147 Å². The van der Waals surface area contributed by atoms with Gasteiger partial charge in [0.15, 0.2) is 5.16 Å². The third-order valence-electron chi connectivity index (χ3n) is 3.32. The molecule has 5 nitrogen and oxygen atoms in total. The molecule has 3 aromatic rings. The molecule has 25 heavy (non-hydrogen) atoms. The molecule has 0 atom stereocenters. The molecule has 0 unspecified atom stereocenters. The molecule has 1 aromatic heterocycles. The average molecular weight is 360 g/mol. The Morgan fingerprint density at radius 1 is 1.12 bits per heavy atom. The van der Waals surface area contributed by atoms with E-state index in [0.717, 1.165) is 0 Å². The van der Waals surface area contributed by atoms with Crippen LogP contribution in [-0.2, 0) is 4.79 Å². The number of hydrogen-bond donors (Lipinski definition) is 1. The maximum Gasteiger partial charge on any atom is 0.234 e. The number of rotatable bonds is 5. The van der Waals surface area contributed by atoms with E-state index in [1.54, 1.807) is 29.7 Å². The van der Waals surface area contributed by atoms with Crippen LogP contribution in [-0.4, -0.2) is 26.4 Å². The quantitative estimate of drug-likeness (QED) is 0.707. The monoisotopic (exact) mass is 360 g/mol. The largest absolute Gasteiger partial charge is 0.325 e. The van der Waals surface area contributed by atoms with Crippen LogP contribution >= 0.6 is 11.8 Å². The fourth-order valence-electron chi connectivity index (χ4n) is 2.22. The number of aromatic nitrogens is 3. The number of halogens is 2. The number of benzene rings is 2. The van der Waals surface area contributed by atoms with Gasteiger partial charge in [-0.2, -0.15) is 0 Å². The predicted octanol–water partition coefficient (Wildman–Crippen LogP) is 3.58. The molecule has 1 amide bonds. The molecule has 0 radical (unpaired) electrons. The smallest absolute Gasteiger partial charge is 0.234 e. The Bertz CT molecular complexity index is 896. The molecule has 0 aliphatic rings. The molecule has 0 aliphatic carbocycles. The van der Waals surface area contributed by atoms with Crippen LogP contribution in [0.15, 0.2) is 53.7 Å². The molecule has 1 heterocycles. The van der Waals surface area contributed by atoms with Crippen molar-refractivity contribution in [2.45, 2.75) is 12.1 Å². The van der Waals surface area contributed by atoms with Crippen molar-refractivity contribution in [3.63, 3.8) is 0 Å². The van der Waals surface area contributed by atoms with E-state index < -0.39 is 5.82 Å². The molecule has 1 N–H and O–H groups in total. The van der Waals surface area contributed by atoms with Crippen molar-refractivity contribution in [3.8, 4) is 5.69 Å². The summed E-state index contributed by atoms with van der Waals surface area (Å²) in [6, 6.07) is 11.6. The maximum atomic E-state index is 13.1. The summed E-state index contributed by atoms with van der Waals surface area (Å²) in [6.45, 7) is 1.77. The summed E-state index contributed by atoms with van der Waals surface area (Å²) in [7, 11) is 0. The zero-order valence-electron chi connectivity index (χ0n) is 13.2. The van der Waals surface area contributed by atoms with E-state index in [-0.39, 0.29) is 17.5 Å². The number of amides is 1. The summed E-state index contributed by atoms with van der Waals surface area (Å²) in [6.07, 6.45) is 0. The van der Waals surface area contributed by atoms with Crippen LogP contribution in [0.4, 0.5) is 14.5 Å². The standard InChI is InChI=1S/C17H14F2N4OS/c1-11-21-22-17(23(11)15-7-5-12(18)6-8-15)25-10-16(24)20-14-4-2-3-13(19)9-14/h2-9H,10H2,1H3,(H,20,24). The first-order valence-corrected chi connectivity index (χ1v) is 8.37. The lowest BCUT2D eigenvalue weighted by Crippen LogP contribution is -2.14. The van der Waals surface area contributed by atoms with E-state index >= 15 is 0 Å². The van der Waals surface area contributed by atoms with Gasteiger partial charge in [-0.1, -0.05) is 17.8 Å². The second-order valence-electron chi connectivity index (χ2n) is 5.19. The molecule has 0 bridgehead atoms. The van der Waals surface area contributed by atoms with Crippen molar-refractivity contribution in [3.05, 3.63) is 66.0 Å². The van der Waals surface area contributed by atoms with Crippen molar-refractivity contribution >= 4 is 23.4 Å². The van der Waals surface area contributed by atoms with Crippen molar-refractivity contribution in [2.24, 2.45) is 0 Å². The van der Waals surface area contributed by atoms with Crippen molar-refractivity contribution in [2.75, 3.05) is 11.1 Å². The lowest BCUT2D eigenvalue weighted by molar-refractivity contribution is -0.113. The minimum atomic E-state index is -0.419. The maximum absolute atomic E-state index is 13.1. The number of thioether (sulfide) groups is 1. The zero-order chi connectivity index (χ0) is 17.8. The third kappa shape index (κ3) is 4.21. The van der Waals surface area contributed by atoms with Crippen LogP contribution in [0.2, 0.25) is 0 Å². The molecule has 0 fully saturated rings. The highest BCUT2D eigenvalue weighted by molar-refractivity contribution is 7.99. The molecule has 0 saturated carbocycles. The molecule has 8 heteroatoms. The van der Waals surface area contributed by atoms with Crippen LogP contribution in [0.5, 0.6) is 0 Å². The third-order valence-corrected chi connectivity index (χ3v) is 4.25. The van der Waals surface area contributed by atoms with Gasteiger partial charge in [-0.05, 0) is 49.4 Å². The van der Waals surface area contributed by atoms with E-state index in [1.165, 1.54) is 42.1 Å². The Morgan fingerprint density at radius 2 is 1.88 bits per heavy atom. The highest BCUT2D eigenvalue weighted by Crippen LogP contribution is 2.22. The molecule has 0 aliphatic heterocycles. The van der Waals surface area contributed by atoms with Gasteiger partial charge < -0.3 is 5.32 Å². The van der Waals surface area contributed by atoms with E-state index in [2.05, 4.69) is 15.5 Å². The number of carbonyl (C=O) groups excluding carboxylic acids is 1. The number of carbonyl (C=O) groups is 1. The second-order valence-corrected chi connectivity index (χ2v) is 6.13. The zero-order valence-corrected chi connectivity index (χ0v) is 14.1. The van der Waals surface area contributed by atoms with E-state index in [1.807, 2.05) is 0 Å². The predicted molar refractivity (Wildman–Crippen MR) is 91.8 cm³/mol. The fraction of sp³-hybridized carbons (Fsp3) is 0.118. The summed E-state index contributed by atoms with van der Waals surface area (Å²) in [5.41, 5.74) is 1.10. The molecular formula is C17H14F2N4OS. The minimum Gasteiger partial charge on any atom is -0.325 e. The summed E-state index contributed by atoms with van der Waals surface area (Å²) >= 11 is 1.19. The van der Waals surface area contributed by atoms with Gasteiger partial charge in [0.25, 0.3) is 0 Å². The summed E-state index contributed by atoms with van der Waals surface area (Å²) < 4.78 is 28.0. The highest BCUT2D eigenvalue weighted by Gasteiger charge is 2.13. The molecular weight excluding hydrogens is 346 g/mol. The lowest BCUT2D eigenvalue weighted by Gasteiger charge is -2.08. The van der Waals surface area contributed by atoms with Crippen molar-refractivity contribution < 1.29 is 13.6 Å². The van der Waals surface area contributed by atoms with E-state index in [0.29, 0.717) is 22.4 Å². The van der Waals surface area contributed by atoms with Gasteiger partial charge in [0.2, 0.25) is 5.91 Å². The topological polar surface area (TPSA) is 59.8 Å².